The SMILES string of the molecule is CCOc1cc(Nc2cccc(OC)c2)ccc1N. The molecule has 3 N–H and O–H groups in total. The smallest absolute Gasteiger partial charge is 0.144 e. The molecule has 0 aliphatic rings. The van der Waals surface area contributed by atoms with Gasteiger partial charge in [0, 0.05) is 23.5 Å². The third-order valence-corrected chi connectivity index (χ3v) is 2.67. The third-order valence-electron chi connectivity index (χ3n) is 2.67. The maximum Gasteiger partial charge on any atom is 0.144 e. The number of rotatable bonds is 5. The van der Waals surface area contributed by atoms with Crippen LogP contribution in [0.2, 0.25) is 0 Å². The largest absolute Gasteiger partial charge is 0.497 e. The first-order valence-corrected chi connectivity index (χ1v) is 6.16. The minimum absolute atomic E-state index is 0.590. The van der Waals surface area contributed by atoms with Gasteiger partial charge in [0.1, 0.15) is 11.5 Å². The van der Waals surface area contributed by atoms with Crippen molar-refractivity contribution in [3.8, 4) is 11.5 Å². The number of benzene rings is 2. The van der Waals surface area contributed by atoms with Gasteiger partial charge in [-0.2, -0.15) is 0 Å². The molecule has 0 saturated heterocycles. The van der Waals surface area contributed by atoms with Crippen molar-refractivity contribution < 1.29 is 9.47 Å². The fourth-order valence-electron chi connectivity index (χ4n) is 1.76. The van der Waals surface area contributed by atoms with Gasteiger partial charge in [0.05, 0.1) is 19.4 Å². The van der Waals surface area contributed by atoms with Crippen molar-refractivity contribution in [3.63, 3.8) is 0 Å². The Morgan fingerprint density at radius 1 is 1.11 bits per heavy atom. The highest BCUT2D eigenvalue weighted by molar-refractivity contribution is 5.67. The van der Waals surface area contributed by atoms with E-state index in [-0.39, 0.29) is 0 Å². The second kappa shape index (κ2) is 6.00. The Morgan fingerprint density at radius 2 is 1.89 bits per heavy atom. The molecule has 0 spiro atoms. The molecule has 0 aliphatic heterocycles. The van der Waals surface area contributed by atoms with Gasteiger partial charge in [0.2, 0.25) is 0 Å². The molecule has 0 aromatic heterocycles. The summed E-state index contributed by atoms with van der Waals surface area (Å²) in [6, 6.07) is 13.4. The molecule has 0 amide bonds. The molecule has 4 heteroatoms. The first-order valence-electron chi connectivity index (χ1n) is 6.16. The Hall–Kier alpha value is -2.36. The van der Waals surface area contributed by atoms with Gasteiger partial charge in [-0.05, 0) is 31.2 Å². The highest BCUT2D eigenvalue weighted by atomic mass is 16.5. The highest BCUT2D eigenvalue weighted by Crippen LogP contribution is 2.28. The minimum Gasteiger partial charge on any atom is -0.497 e. The van der Waals surface area contributed by atoms with E-state index in [1.807, 2.05) is 49.4 Å². The van der Waals surface area contributed by atoms with Crippen LogP contribution in [0.3, 0.4) is 0 Å². The van der Waals surface area contributed by atoms with E-state index in [4.69, 9.17) is 15.2 Å². The fraction of sp³-hybridized carbons (Fsp3) is 0.200. The first kappa shape index (κ1) is 13.1. The maximum atomic E-state index is 5.84. The van der Waals surface area contributed by atoms with Gasteiger partial charge >= 0.3 is 0 Å². The molecule has 100 valence electrons. The van der Waals surface area contributed by atoms with E-state index in [0.29, 0.717) is 18.0 Å². The van der Waals surface area contributed by atoms with Gasteiger partial charge in [-0.1, -0.05) is 6.07 Å². The van der Waals surface area contributed by atoms with Crippen LogP contribution in [0.4, 0.5) is 17.1 Å². The number of ether oxygens (including phenoxy) is 2. The zero-order valence-electron chi connectivity index (χ0n) is 11.1. The maximum absolute atomic E-state index is 5.84. The number of nitrogens with two attached hydrogens (primary N) is 1. The van der Waals surface area contributed by atoms with E-state index in [0.717, 1.165) is 17.1 Å². The molecule has 0 radical (unpaired) electrons. The lowest BCUT2D eigenvalue weighted by Crippen LogP contribution is -1.98. The normalized spacial score (nSPS) is 10.0. The van der Waals surface area contributed by atoms with Crippen LogP contribution in [0.25, 0.3) is 0 Å². The second-order valence-corrected chi connectivity index (χ2v) is 4.04. The molecule has 2 rings (SSSR count). The molecule has 0 fully saturated rings. The Morgan fingerprint density at radius 3 is 2.63 bits per heavy atom. The summed E-state index contributed by atoms with van der Waals surface area (Å²) in [4.78, 5) is 0. The number of nitrogens with one attached hydrogen (secondary N) is 1. The Kier molecular flexibility index (Phi) is 4.13. The van der Waals surface area contributed by atoms with E-state index >= 15 is 0 Å². The molecule has 2 aromatic carbocycles. The van der Waals surface area contributed by atoms with Crippen molar-refractivity contribution in [1.29, 1.82) is 0 Å². The van der Waals surface area contributed by atoms with Crippen LogP contribution in [0.15, 0.2) is 42.5 Å². The van der Waals surface area contributed by atoms with Crippen molar-refractivity contribution in [1.82, 2.24) is 0 Å². The minimum atomic E-state index is 0.590. The van der Waals surface area contributed by atoms with Crippen LogP contribution >= 0.6 is 0 Å². The number of nitrogen functional groups attached to an aromatic ring is 1. The molecule has 0 atom stereocenters. The van der Waals surface area contributed by atoms with Gasteiger partial charge in [-0.15, -0.1) is 0 Å². The molecular formula is C15H18N2O2. The first-order chi connectivity index (χ1) is 9.22. The quantitative estimate of drug-likeness (QED) is 0.807. The van der Waals surface area contributed by atoms with E-state index in [9.17, 15) is 0 Å². The van der Waals surface area contributed by atoms with Crippen molar-refractivity contribution in [2.45, 2.75) is 6.92 Å². The summed E-state index contributed by atoms with van der Waals surface area (Å²) in [5.74, 6) is 1.50. The van der Waals surface area contributed by atoms with Crippen molar-refractivity contribution >= 4 is 17.1 Å². The lowest BCUT2D eigenvalue weighted by Gasteiger charge is -2.11. The lowest BCUT2D eigenvalue weighted by molar-refractivity contribution is 0.342. The summed E-state index contributed by atoms with van der Waals surface area (Å²) in [5.41, 5.74) is 8.35. The van der Waals surface area contributed by atoms with Gasteiger partial charge in [-0.3, -0.25) is 0 Å². The second-order valence-electron chi connectivity index (χ2n) is 4.04. The summed E-state index contributed by atoms with van der Waals surface area (Å²) < 4.78 is 10.7. The highest BCUT2D eigenvalue weighted by Gasteiger charge is 2.03. The van der Waals surface area contributed by atoms with Crippen LogP contribution in [0.1, 0.15) is 6.92 Å². The summed E-state index contributed by atoms with van der Waals surface area (Å²) in [6.07, 6.45) is 0. The monoisotopic (exact) mass is 258 g/mol. The molecule has 0 aliphatic carbocycles. The predicted molar refractivity (Wildman–Crippen MR) is 78.3 cm³/mol. The molecule has 0 bridgehead atoms. The van der Waals surface area contributed by atoms with Gasteiger partial charge in [-0.25, -0.2) is 0 Å². The predicted octanol–water partition coefficient (Wildman–Crippen LogP) is 3.42. The van der Waals surface area contributed by atoms with Crippen molar-refractivity contribution in [2.75, 3.05) is 24.8 Å². The molecular weight excluding hydrogens is 240 g/mol. The van der Waals surface area contributed by atoms with E-state index < -0.39 is 0 Å². The molecule has 19 heavy (non-hydrogen) atoms. The Balaban J connectivity index is 2.20. The fourth-order valence-corrected chi connectivity index (χ4v) is 1.76. The van der Waals surface area contributed by atoms with Crippen LogP contribution in [0.5, 0.6) is 11.5 Å². The Bertz CT molecular complexity index is 556. The molecule has 4 nitrogen and oxygen atoms in total. The summed E-state index contributed by atoms with van der Waals surface area (Å²) in [5, 5.41) is 3.29. The molecule has 0 unspecified atom stereocenters. The van der Waals surface area contributed by atoms with Gasteiger partial charge in [0.25, 0.3) is 0 Å². The van der Waals surface area contributed by atoms with Crippen LogP contribution < -0.4 is 20.5 Å². The molecule has 2 aromatic rings. The van der Waals surface area contributed by atoms with Crippen LogP contribution in [-0.2, 0) is 0 Å². The lowest BCUT2D eigenvalue weighted by atomic mass is 10.2. The number of anilines is 3. The summed E-state index contributed by atoms with van der Waals surface area (Å²) >= 11 is 0. The molecule has 0 heterocycles. The van der Waals surface area contributed by atoms with Crippen LogP contribution in [-0.4, -0.2) is 13.7 Å². The van der Waals surface area contributed by atoms with Gasteiger partial charge < -0.3 is 20.5 Å². The van der Waals surface area contributed by atoms with E-state index in [2.05, 4.69) is 5.32 Å². The number of hydrogen-bond donors (Lipinski definition) is 2. The zero-order chi connectivity index (χ0) is 13.7. The number of methoxy groups -OCH3 is 1. The zero-order valence-corrected chi connectivity index (χ0v) is 11.1. The molecule has 0 saturated carbocycles. The number of hydrogen-bond acceptors (Lipinski definition) is 4. The summed E-state index contributed by atoms with van der Waals surface area (Å²) in [6.45, 7) is 2.52. The summed E-state index contributed by atoms with van der Waals surface area (Å²) in [7, 11) is 1.65. The van der Waals surface area contributed by atoms with Crippen molar-refractivity contribution in [3.05, 3.63) is 42.5 Å². The Labute approximate surface area is 113 Å². The average molecular weight is 258 g/mol. The third kappa shape index (κ3) is 3.31. The average Bonchev–Trinajstić information content (AvgIpc) is 2.43. The van der Waals surface area contributed by atoms with Gasteiger partial charge in [0.15, 0.2) is 0 Å². The topological polar surface area (TPSA) is 56.5 Å². The van der Waals surface area contributed by atoms with E-state index in [1.54, 1.807) is 7.11 Å². The van der Waals surface area contributed by atoms with Crippen LogP contribution in [0, 0.1) is 0 Å². The van der Waals surface area contributed by atoms with E-state index in [1.165, 1.54) is 0 Å². The standard InChI is InChI=1S/C15H18N2O2/c1-3-19-15-10-12(7-8-14(15)16)17-11-5-4-6-13(9-11)18-2/h4-10,17H,3,16H2,1-2H3. The van der Waals surface area contributed by atoms with Crippen molar-refractivity contribution in [2.24, 2.45) is 0 Å².